The Balaban J connectivity index is 2.56. The highest BCUT2D eigenvalue weighted by Gasteiger charge is 2.22. The molecule has 1 amide bonds. The second-order valence-corrected chi connectivity index (χ2v) is 5.70. The van der Waals surface area contributed by atoms with Crippen molar-refractivity contribution < 1.29 is 24.1 Å². The summed E-state index contributed by atoms with van der Waals surface area (Å²) >= 11 is 0. The molecule has 7 heteroatoms. The highest BCUT2D eigenvalue weighted by molar-refractivity contribution is 5.67. The number of alkyl carbamates (subject to hydrolysis) is 1. The quantitative estimate of drug-likeness (QED) is 0.783. The van der Waals surface area contributed by atoms with Gasteiger partial charge >= 0.3 is 6.09 Å². The van der Waals surface area contributed by atoms with Gasteiger partial charge in [-0.2, -0.15) is 0 Å². The van der Waals surface area contributed by atoms with Crippen molar-refractivity contribution in [1.82, 2.24) is 10.3 Å². The van der Waals surface area contributed by atoms with Gasteiger partial charge in [-0.3, -0.25) is 4.98 Å². The highest BCUT2D eigenvalue weighted by Crippen LogP contribution is 2.16. The Morgan fingerprint density at radius 1 is 1.43 bits per heavy atom. The number of aliphatic hydroxyl groups excluding tert-OH is 2. The fraction of sp³-hybridized carbons (Fsp3) is 0.571. The van der Waals surface area contributed by atoms with Gasteiger partial charge in [-0.05, 0) is 39.8 Å². The number of hydrogen-bond donors (Lipinski definition) is 3. The molecule has 2 unspecified atom stereocenters. The van der Waals surface area contributed by atoms with Crippen molar-refractivity contribution in [3.8, 4) is 0 Å². The van der Waals surface area contributed by atoms with Gasteiger partial charge in [0.1, 0.15) is 23.6 Å². The smallest absolute Gasteiger partial charge is 0.407 e. The van der Waals surface area contributed by atoms with Crippen LogP contribution in [0.1, 0.15) is 38.3 Å². The summed E-state index contributed by atoms with van der Waals surface area (Å²) in [6, 6.07) is 2.44. The molecule has 0 saturated heterocycles. The number of amides is 1. The molecule has 118 valence electrons. The number of nitrogens with one attached hydrogen (secondary N) is 1. The van der Waals surface area contributed by atoms with E-state index in [-0.39, 0.29) is 17.9 Å². The molecule has 0 radical (unpaired) electrons. The molecule has 0 aromatic carbocycles. The molecule has 2 atom stereocenters. The molecule has 0 bridgehead atoms. The van der Waals surface area contributed by atoms with E-state index in [4.69, 9.17) is 4.74 Å². The molecule has 1 rings (SSSR count). The molecular formula is C14H21FN2O4. The Morgan fingerprint density at radius 2 is 2.05 bits per heavy atom. The third-order valence-corrected chi connectivity index (χ3v) is 2.56. The number of ether oxygens (including phenoxy) is 1. The lowest BCUT2D eigenvalue weighted by molar-refractivity contribution is 0.0107. The summed E-state index contributed by atoms with van der Waals surface area (Å²) in [6.07, 6.45) is -3.31. The molecule has 0 fully saturated rings. The molecule has 0 spiro atoms. The fourth-order valence-corrected chi connectivity index (χ4v) is 1.54. The van der Waals surface area contributed by atoms with Gasteiger partial charge in [-0.15, -0.1) is 0 Å². The van der Waals surface area contributed by atoms with Crippen LogP contribution in [0, 0.1) is 12.7 Å². The first-order valence-electron chi connectivity index (χ1n) is 6.56. The molecule has 0 aliphatic carbocycles. The Labute approximate surface area is 123 Å². The van der Waals surface area contributed by atoms with Crippen LogP contribution in [0.3, 0.4) is 0 Å². The Hall–Kier alpha value is -1.73. The van der Waals surface area contributed by atoms with Crippen molar-refractivity contribution in [2.24, 2.45) is 0 Å². The summed E-state index contributed by atoms with van der Waals surface area (Å²) in [4.78, 5) is 15.3. The van der Waals surface area contributed by atoms with Crippen LogP contribution in [-0.2, 0) is 4.74 Å². The van der Waals surface area contributed by atoms with Crippen molar-refractivity contribution in [3.63, 3.8) is 0 Å². The zero-order valence-electron chi connectivity index (χ0n) is 12.6. The number of aromatic nitrogens is 1. The first kappa shape index (κ1) is 17.3. The second kappa shape index (κ2) is 6.82. The lowest BCUT2D eigenvalue weighted by Gasteiger charge is -2.22. The van der Waals surface area contributed by atoms with Gasteiger partial charge in [0.05, 0.1) is 11.4 Å². The van der Waals surface area contributed by atoms with Gasteiger partial charge in [0, 0.05) is 6.54 Å². The van der Waals surface area contributed by atoms with Crippen molar-refractivity contribution >= 4 is 6.09 Å². The number of rotatable bonds is 4. The minimum absolute atomic E-state index is 0.124. The third-order valence-electron chi connectivity index (χ3n) is 2.56. The van der Waals surface area contributed by atoms with Crippen molar-refractivity contribution in [1.29, 1.82) is 0 Å². The zero-order valence-corrected chi connectivity index (χ0v) is 12.6. The Morgan fingerprint density at radius 3 is 2.57 bits per heavy atom. The first-order valence-corrected chi connectivity index (χ1v) is 6.56. The Kier molecular flexibility index (Phi) is 5.62. The summed E-state index contributed by atoms with van der Waals surface area (Å²) in [6.45, 7) is 6.38. The summed E-state index contributed by atoms with van der Waals surface area (Å²) in [7, 11) is 0. The van der Waals surface area contributed by atoms with Crippen LogP contribution in [-0.4, -0.2) is 39.5 Å². The standard InChI is InChI=1S/C14H21FN2O4/c1-8-9(15)5-6-10(17-8)12(19)11(18)7-16-13(20)21-14(2,3)4/h5-6,11-12,18-19H,7H2,1-4H3,(H,16,20). The van der Waals surface area contributed by atoms with Crippen molar-refractivity contribution in [2.75, 3.05) is 6.54 Å². The van der Waals surface area contributed by atoms with Crippen LogP contribution < -0.4 is 5.32 Å². The van der Waals surface area contributed by atoms with Gasteiger partial charge in [0.2, 0.25) is 0 Å². The molecule has 0 aliphatic rings. The number of halogens is 1. The maximum atomic E-state index is 13.1. The van der Waals surface area contributed by atoms with Gasteiger partial charge in [-0.25, -0.2) is 9.18 Å². The van der Waals surface area contributed by atoms with Gasteiger partial charge in [0.15, 0.2) is 0 Å². The number of carbonyl (C=O) groups excluding carboxylic acids is 1. The van der Waals surface area contributed by atoms with E-state index < -0.39 is 29.7 Å². The fourth-order valence-electron chi connectivity index (χ4n) is 1.54. The molecule has 21 heavy (non-hydrogen) atoms. The lowest BCUT2D eigenvalue weighted by atomic mass is 10.1. The monoisotopic (exact) mass is 300 g/mol. The van der Waals surface area contributed by atoms with Crippen LogP contribution in [0.4, 0.5) is 9.18 Å². The average Bonchev–Trinajstić information content (AvgIpc) is 2.36. The average molecular weight is 300 g/mol. The van der Waals surface area contributed by atoms with Crippen molar-refractivity contribution in [2.45, 2.75) is 45.5 Å². The molecule has 0 saturated carbocycles. The lowest BCUT2D eigenvalue weighted by Crippen LogP contribution is -2.39. The molecular weight excluding hydrogens is 279 g/mol. The van der Waals surface area contributed by atoms with E-state index >= 15 is 0 Å². The summed E-state index contributed by atoms with van der Waals surface area (Å²) < 4.78 is 18.1. The van der Waals surface area contributed by atoms with E-state index in [1.807, 2.05) is 0 Å². The van der Waals surface area contributed by atoms with Crippen LogP contribution in [0.5, 0.6) is 0 Å². The van der Waals surface area contributed by atoms with Gasteiger partial charge in [0.25, 0.3) is 0 Å². The normalized spacial score (nSPS) is 14.4. The highest BCUT2D eigenvalue weighted by atomic mass is 19.1. The summed E-state index contributed by atoms with van der Waals surface area (Å²) in [5.74, 6) is -0.493. The summed E-state index contributed by atoms with van der Waals surface area (Å²) in [5, 5.41) is 22.1. The van der Waals surface area contributed by atoms with E-state index in [1.165, 1.54) is 13.0 Å². The van der Waals surface area contributed by atoms with Crippen LogP contribution >= 0.6 is 0 Å². The largest absolute Gasteiger partial charge is 0.444 e. The number of aryl methyl sites for hydroxylation is 1. The zero-order chi connectivity index (χ0) is 16.2. The molecule has 3 N–H and O–H groups in total. The van der Waals surface area contributed by atoms with Crippen molar-refractivity contribution in [3.05, 3.63) is 29.3 Å². The van der Waals surface area contributed by atoms with E-state index in [0.717, 1.165) is 6.07 Å². The third kappa shape index (κ3) is 5.65. The second-order valence-electron chi connectivity index (χ2n) is 5.70. The van der Waals surface area contributed by atoms with Gasteiger partial charge in [-0.1, -0.05) is 0 Å². The van der Waals surface area contributed by atoms with Crippen LogP contribution in [0.25, 0.3) is 0 Å². The number of hydrogen-bond acceptors (Lipinski definition) is 5. The predicted octanol–water partition coefficient (Wildman–Crippen LogP) is 1.45. The van der Waals surface area contributed by atoms with Crippen LogP contribution in [0.2, 0.25) is 0 Å². The first-order chi connectivity index (χ1) is 9.60. The minimum atomic E-state index is -1.33. The molecule has 0 aliphatic heterocycles. The topological polar surface area (TPSA) is 91.7 Å². The van der Waals surface area contributed by atoms with E-state index in [9.17, 15) is 19.4 Å². The number of nitrogens with zero attached hydrogens (tertiary/aromatic N) is 1. The SMILES string of the molecule is Cc1nc(C(O)C(O)CNC(=O)OC(C)(C)C)ccc1F. The van der Waals surface area contributed by atoms with E-state index in [0.29, 0.717) is 0 Å². The van der Waals surface area contributed by atoms with Gasteiger partial charge < -0.3 is 20.3 Å². The maximum absolute atomic E-state index is 13.1. The number of pyridine rings is 1. The minimum Gasteiger partial charge on any atom is -0.444 e. The van der Waals surface area contributed by atoms with E-state index in [2.05, 4.69) is 10.3 Å². The Bertz CT molecular complexity index is 502. The number of carbonyl (C=O) groups is 1. The maximum Gasteiger partial charge on any atom is 0.407 e. The summed E-state index contributed by atoms with van der Waals surface area (Å²) in [5.41, 5.74) is -0.394. The molecule has 1 heterocycles. The molecule has 1 aromatic heterocycles. The van der Waals surface area contributed by atoms with Crippen LogP contribution in [0.15, 0.2) is 12.1 Å². The van der Waals surface area contributed by atoms with E-state index in [1.54, 1.807) is 20.8 Å². The molecule has 1 aromatic rings. The molecule has 6 nitrogen and oxygen atoms in total. The number of aliphatic hydroxyl groups is 2. The predicted molar refractivity (Wildman–Crippen MR) is 74.1 cm³/mol.